The van der Waals surface area contributed by atoms with Crippen molar-refractivity contribution in [3.63, 3.8) is 0 Å². The smallest absolute Gasteiger partial charge is 0.157 e. The van der Waals surface area contributed by atoms with Crippen LogP contribution in [-0.2, 0) is 9.47 Å². The van der Waals surface area contributed by atoms with Crippen LogP contribution >= 0.6 is 0 Å². The van der Waals surface area contributed by atoms with Crippen molar-refractivity contribution in [1.29, 1.82) is 0 Å². The van der Waals surface area contributed by atoms with Crippen molar-refractivity contribution in [3.05, 3.63) is 0 Å². The second-order valence-electron chi connectivity index (χ2n) is 4.08. The molecule has 0 atom stereocenters. The molecular weight excluding hydrogens is 176 g/mol. The minimum Gasteiger partial charge on any atom is -0.353 e. The van der Waals surface area contributed by atoms with Crippen molar-refractivity contribution in [2.75, 3.05) is 13.2 Å². The predicted octanol–water partition coefficient (Wildman–Crippen LogP) is 3.50. The zero-order valence-electron chi connectivity index (χ0n) is 9.46. The summed E-state index contributed by atoms with van der Waals surface area (Å²) in [7, 11) is 0. The molecule has 0 N–H and O–H groups in total. The highest BCUT2D eigenvalue weighted by molar-refractivity contribution is 4.53. The Labute approximate surface area is 88.0 Å². The molecule has 1 heterocycles. The van der Waals surface area contributed by atoms with E-state index in [2.05, 4.69) is 6.92 Å². The topological polar surface area (TPSA) is 18.5 Å². The Morgan fingerprint density at radius 1 is 0.929 bits per heavy atom. The van der Waals surface area contributed by atoms with E-state index in [1.165, 1.54) is 38.5 Å². The quantitative estimate of drug-likeness (QED) is 0.586. The molecular formula is C12H24O2. The van der Waals surface area contributed by atoms with Crippen molar-refractivity contribution in [2.45, 2.75) is 64.6 Å². The molecule has 0 aromatic rings. The van der Waals surface area contributed by atoms with E-state index in [-0.39, 0.29) is 6.29 Å². The molecule has 0 aromatic carbocycles. The molecule has 0 aliphatic carbocycles. The zero-order valence-corrected chi connectivity index (χ0v) is 9.46. The lowest BCUT2D eigenvalue weighted by Gasteiger charge is -2.22. The SMILES string of the molecule is CCCCCCCCC1OCCCO1. The monoisotopic (exact) mass is 200 g/mol. The van der Waals surface area contributed by atoms with E-state index in [4.69, 9.17) is 9.47 Å². The van der Waals surface area contributed by atoms with Crippen LogP contribution in [0, 0.1) is 0 Å². The fourth-order valence-electron chi connectivity index (χ4n) is 1.79. The standard InChI is InChI=1S/C12H24O2/c1-2-3-4-5-6-7-9-12-13-10-8-11-14-12/h12H,2-11H2,1H3. The highest BCUT2D eigenvalue weighted by Gasteiger charge is 2.12. The molecule has 0 aromatic heterocycles. The molecule has 1 aliphatic rings. The van der Waals surface area contributed by atoms with E-state index in [9.17, 15) is 0 Å². The van der Waals surface area contributed by atoms with Gasteiger partial charge in [0.15, 0.2) is 6.29 Å². The molecule has 0 saturated carbocycles. The molecule has 1 fully saturated rings. The molecule has 0 spiro atoms. The van der Waals surface area contributed by atoms with Crippen LogP contribution < -0.4 is 0 Å². The van der Waals surface area contributed by atoms with Gasteiger partial charge in [0.1, 0.15) is 0 Å². The zero-order chi connectivity index (χ0) is 10.1. The van der Waals surface area contributed by atoms with Gasteiger partial charge in [-0.05, 0) is 19.3 Å². The van der Waals surface area contributed by atoms with Gasteiger partial charge in [0.05, 0.1) is 13.2 Å². The maximum atomic E-state index is 5.48. The first-order valence-corrected chi connectivity index (χ1v) is 6.16. The van der Waals surface area contributed by atoms with Crippen LogP contribution in [0.2, 0.25) is 0 Å². The third-order valence-corrected chi connectivity index (χ3v) is 2.69. The average molecular weight is 200 g/mol. The van der Waals surface area contributed by atoms with E-state index < -0.39 is 0 Å². The molecule has 14 heavy (non-hydrogen) atoms. The largest absolute Gasteiger partial charge is 0.353 e. The Hall–Kier alpha value is -0.0800. The van der Waals surface area contributed by atoms with Crippen molar-refractivity contribution in [1.82, 2.24) is 0 Å². The van der Waals surface area contributed by atoms with E-state index in [0.717, 1.165) is 26.1 Å². The lowest BCUT2D eigenvalue weighted by atomic mass is 10.1. The second kappa shape index (κ2) is 8.25. The van der Waals surface area contributed by atoms with Crippen molar-refractivity contribution < 1.29 is 9.47 Å². The molecule has 1 aliphatic heterocycles. The van der Waals surface area contributed by atoms with Gasteiger partial charge in [-0.2, -0.15) is 0 Å². The third kappa shape index (κ3) is 5.61. The molecule has 0 bridgehead atoms. The van der Waals surface area contributed by atoms with Crippen molar-refractivity contribution in [3.8, 4) is 0 Å². The highest BCUT2D eigenvalue weighted by atomic mass is 16.7. The van der Waals surface area contributed by atoms with Gasteiger partial charge >= 0.3 is 0 Å². The van der Waals surface area contributed by atoms with Gasteiger partial charge in [-0.3, -0.25) is 0 Å². The first-order chi connectivity index (χ1) is 6.93. The minimum atomic E-state index is 0.106. The summed E-state index contributed by atoms with van der Waals surface area (Å²) in [5, 5.41) is 0. The summed E-state index contributed by atoms with van der Waals surface area (Å²) in [5.41, 5.74) is 0. The van der Waals surface area contributed by atoms with Gasteiger partial charge in [-0.15, -0.1) is 0 Å². The Bertz CT molecular complexity index is 119. The van der Waals surface area contributed by atoms with Crippen LogP contribution in [0.4, 0.5) is 0 Å². The van der Waals surface area contributed by atoms with Crippen LogP contribution in [0.1, 0.15) is 58.3 Å². The number of hydrogen-bond donors (Lipinski definition) is 0. The van der Waals surface area contributed by atoms with Gasteiger partial charge < -0.3 is 9.47 Å². The third-order valence-electron chi connectivity index (χ3n) is 2.69. The van der Waals surface area contributed by atoms with Gasteiger partial charge in [0.25, 0.3) is 0 Å². The number of ether oxygens (including phenoxy) is 2. The molecule has 0 unspecified atom stereocenters. The van der Waals surface area contributed by atoms with E-state index in [1.807, 2.05) is 0 Å². The normalized spacial score (nSPS) is 18.6. The van der Waals surface area contributed by atoms with Gasteiger partial charge in [0.2, 0.25) is 0 Å². The molecule has 1 rings (SSSR count). The molecule has 84 valence electrons. The van der Waals surface area contributed by atoms with Crippen LogP contribution in [0.25, 0.3) is 0 Å². The Morgan fingerprint density at radius 3 is 2.29 bits per heavy atom. The van der Waals surface area contributed by atoms with Crippen molar-refractivity contribution in [2.24, 2.45) is 0 Å². The number of rotatable bonds is 7. The summed E-state index contributed by atoms with van der Waals surface area (Å²) < 4.78 is 11.0. The maximum absolute atomic E-state index is 5.48. The summed E-state index contributed by atoms with van der Waals surface area (Å²) in [6.07, 6.45) is 10.3. The predicted molar refractivity (Wildman–Crippen MR) is 58.3 cm³/mol. The fraction of sp³-hybridized carbons (Fsp3) is 1.00. The lowest BCUT2D eigenvalue weighted by Crippen LogP contribution is -2.24. The van der Waals surface area contributed by atoms with Gasteiger partial charge in [0, 0.05) is 0 Å². The summed E-state index contributed by atoms with van der Waals surface area (Å²) >= 11 is 0. The van der Waals surface area contributed by atoms with E-state index in [0.29, 0.717) is 0 Å². The Morgan fingerprint density at radius 2 is 1.57 bits per heavy atom. The fourth-order valence-corrected chi connectivity index (χ4v) is 1.79. The average Bonchev–Trinajstić information content (AvgIpc) is 2.25. The summed E-state index contributed by atoms with van der Waals surface area (Å²) in [6, 6.07) is 0. The molecule has 2 nitrogen and oxygen atoms in total. The molecule has 0 amide bonds. The second-order valence-corrected chi connectivity index (χ2v) is 4.08. The van der Waals surface area contributed by atoms with Crippen LogP contribution in [-0.4, -0.2) is 19.5 Å². The summed E-state index contributed by atoms with van der Waals surface area (Å²) in [4.78, 5) is 0. The van der Waals surface area contributed by atoms with Crippen molar-refractivity contribution >= 4 is 0 Å². The Balaban J connectivity index is 1.82. The molecule has 0 radical (unpaired) electrons. The summed E-state index contributed by atoms with van der Waals surface area (Å²) in [6.45, 7) is 4.03. The first-order valence-electron chi connectivity index (χ1n) is 6.16. The Kier molecular flexibility index (Phi) is 7.06. The van der Waals surface area contributed by atoms with Gasteiger partial charge in [-0.1, -0.05) is 39.0 Å². The summed E-state index contributed by atoms with van der Waals surface area (Å²) in [5.74, 6) is 0. The van der Waals surface area contributed by atoms with Crippen LogP contribution in [0.5, 0.6) is 0 Å². The number of hydrogen-bond acceptors (Lipinski definition) is 2. The van der Waals surface area contributed by atoms with Crippen LogP contribution in [0.3, 0.4) is 0 Å². The number of unbranched alkanes of at least 4 members (excludes halogenated alkanes) is 5. The van der Waals surface area contributed by atoms with Crippen LogP contribution in [0.15, 0.2) is 0 Å². The van der Waals surface area contributed by atoms with Gasteiger partial charge in [-0.25, -0.2) is 0 Å². The first kappa shape index (κ1) is 12.0. The van der Waals surface area contributed by atoms with E-state index >= 15 is 0 Å². The van der Waals surface area contributed by atoms with E-state index in [1.54, 1.807) is 0 Å². The minimum absolute atomic E-state index is 0.106. The molecule has 1 saturated heterocycles. The highest BCUT2D eigenvalue weighted by Crippen LogP contribution is 2.14. The molecule has 2 heteroatoms. The maximum Gasteiger partial charge on any atom is 0.157 e. The lowest BCUT2D eigenvalue weighted by molar-refractivity contribution is -0.181.